The molecule has 0 aliphatic heterocycles. The lowest BCUT2D eigenvalue weighted by atomic mass is 9.86. The van der Waals surface area contributed by atoms with Crippen molar-refractivity contribution >= 4 is 17.4 Å². The minimum Gasteiger partial charge on any atom is -0.359 e. The van der Waals surface area contributed by atoms with E-state index in [4.69, 9.17) is 0 Å². The van der Waals surface area contributed by atoms with Crippen LogP contribution in [0.2, 0.25) is 0 Å². The summed E-state index contributed by atoms with van der Waals surface area (Å²) in [5, 5.41) is 6.07. The topological polar surface area (TPSA) is 66.9 Å². The van der Waals surface area contributed by atoms with Crippen LogP contribution in [0.15, 0.2) is 73.2 Å². The fourth-order valence-corrected chi connectivity index (χ4v) is 3.28. The number of carbonyl (C=O) groups is 1. The Morgan fingerprint density at radius 1 is 0.935 bits per heavy atom. The first kappa shape index (κ1) is 22.2. The highest BCUT2D eigenvalue weighted by Gasteiger charge is 2.13. The highest BCUT2D eigenvalue weighted by atomic mass is 16.1. The number of benzene rings is 2. The zero-order valence-corrected chi connectivity index (χ0v) is 18.7. The molecule has 0 unspecified atom stereocenters. The van der Waals surface area contributed by atoms with Gasteiger partial charge in [0.1, 0.15) is 12.1 Å². The second-order valence-electron chi connectivity index (χ2n) is 8.80. The quantitative estimate of drug-likeness (QED) is 0.536. The Morgan fingerprint density at radius 2 is 1.58 bits per heavy atom. The van der Waals surface area contributed by atoms with Crippen LogP contribution in [-0.4, -0.2) is 15.9 Å². The van der Waals surface area contributed by atoms with E-state index in [0.29, 0.717) is 12.2 Å². The number of carbonyl (C=O) groups excluding carboxylic acids is 1. The highest BCUT2D eigenvalue weighted by Crippen LogP contribution is 2.23. The monoisotopic (exact) mass is 414 g/mol. The highest BCUT2D eigenvalue weighted by molar-refractivity contribution is 5.87. The molecule has 0 bridgehead atoms. The summed E-state index contributed by atoms with van der Waals surface area (Å²) >= 11 is 0. The molecule has 2 N–H and O–H groups in total. The van der Waals surface area contributed by atoms with E-state index < -0.39 is 0 Å². The summed E-state index contributed by atoms with van der Waals surface area (Å²) in [6.45, 7) is 12.3. The third-order valence-corrected chi connectivity index (χ3v) is 4.93. The first-order valence-electron chi connectivity index (χ1n) is 10.4. The SMILES string of the molecule is C=C(Cc1ccc(C(C)(C)C)cc1)Nc1ccc(Cc2cc(NC(C)=O)ncn2)cc1. The van der Waals surface area contributed by atoms with Gasteiger partial charge in [-0.05, 0) is 34.2 Å². The molecule has 3 rings (SSSR count). The summed E-state index contributed by atoms with van der Waals surface area (Å²) in [6, 6.07) is 18.7. The van der Waals surface area contributed by atoms with E-state index in [0.717, 1.165) is 29.1 Å². The molecule has 160 valence electrons. The molecule has 0 saturated heterocycles. The number of anilines is 2. The molecule has 1 amide bonds. The summed E-state index contributed by atoms with van der Waals surface area (Å²) in [7, 11) is 0. The van der Waals surface area contributed by atoms with Crippen LogP contribution in [0.5, 0.6) is 0 Å². The van der Waals surface area contributed by atoms with Gasteiger partial charge in [-0.25, -0.2) is 9.97 Å². The van der Waals surface area contributed by atoms with Crippen LogP contribution in [0.1, 0.15) is 50.1 Å². The fourth-order valence-electron chi connectivity index (χ4n) is 3.28. The standard InChI is InChI=1S/C26H30N4O/c1-18(14-20-6-10-22(11-7-20)26(3,4)5)29-23-12-8-21(9-13-23)15-24-16-25(28-17-27-24)30-19(2)31/h6-13,16-17,29H,1,14-15H2,2-5H3,(H,27,28,30,31). The molecule has 0 fully saturated rings. The summed E-state index contributed by atoms with van der Waals surface area (Å²) in [6.07, 6.45) is 2.91. The smallest absolute Gasteiger partial charge is 0.222 e. The molecule has 0 radical (unpaired) electrons. The molecule has 31 heavy (non-hydrogen) atoms. The van der Waals surface area contributed by atoms with Gasteiger partial charge in [-0.3, -0.25) is 4.79 Å². The van der Waals surface area contributed by atoms with E-state index in [1.807, 2.05) is 12.1 Å². The maximum atomic E-state index is 11.2. The van der Waals surface area contributed by atoms with Crippen molar-refractivity contribution in [2.45, 2.75) is 46.0 Å². The predicted octanol–water partition coefficient (Wildman–Crippen LogP) is 5.49. The van der Waals surface area contributed by atoms with Gasteiger partial charge in [-0.1, -0.05) is 63.7 Å². The maximum absolute atomic E-state index is 11.2. The molecule has 1 aromatic heterocycles. The number of aromatic nitrogens is 2. The first-order valence-corrected chi connectivity index (χ1v) is 10.4. The third-order valence-electron chi connectivity index (χ3n) is 4.93. The Morgan fingerprint density at radius 3 is 2.19 bits per heavy atom. The van der Waals surface area contributed by atoms with Crippen molar-refractivity contribution in [3.05, 3.63) is 95.6 Å². The van der Waals surface area contributed by atoms with E-state index >= 15 is 0 Å². The first-order chi connectivity index (χ1) is 14.7. The second-order valence-corrected chi connectivity index (χ2v) is 8.80. The van der Waals surface area contributed by atoms with Crippen LogP contribution in [0.25, 0.3) is 0 Å². The lowest BCUT2D eigenvalue weighted by molar-refractivity contribution is -0.114. The normalized spacial score (nSPS) is 11.1. The van der Waals surface area contributed by atoms with Crippen LogP contribution in [0.4, 0.5) is 11.5 Å². The van der Waals surface area contributed by atoms with E-state index in [9.17, 15) is 4.79 Å². The van der Waals surface area contributed by atoms with Gasteiger partial charge in [0, 0.05) is 37.2 Å². The van der Waals surface area contributed by atoms with Gasteiger partial charge in [0.05, 0.1) is 5.69 Å². The van der Waals surface area contributed by atoms with Crippen molar-refractivity contribution < 1.29 is 4.79 Å². The van der Waals surface area contributed by atoms with E-state index in [-0.39, 0.29) is 11.3 Å². The van der Waals surface area contributed by atoms with Crippen molar-refractivity contribution in [1.29, 1.82) is 0 Å². The molecule has 1 heterocycles. The molecule has 5 heteroatoms. The molecule has 5 nitrogen and oxygen atoms in total. The molecular formula is C26H30N4O. The number of hydrogen-bond donors (Lipinski definition) is 2. The van der Waals surface area contributed by atoms with Gasteiger partial charge in [-0.2, -0.15) is 0 Å². The summed E-state index contributed by atoms with van der Waals surface area (Å²) in [4.78, 5) is 19.5. The number of nitrogens with zero attached hydrogens (tertiary/aromatic N) is 2. The van der Waals surface area contributed by atoms with Gasteiger partial charge in [0.15, 0.2) is 0 Å². The third kappa shape index (κ3) is 6.78. The van der Waals surface area contributed by atoms with Gasteiger partial charge in [0.2, 0.25) is 5.91 Å². The molecule has 0 aliphatic rings. The number of hydrogen-bond acceptors (Lipinski definition) is 4. The minimum absolute atomic E-state index is 0.148. The largest absolute Gasteiger partial charge is 0.359 e. The van der Waals surface area contributed by atoms with E-state index in [2.05, 4.69) is 84.3 Å². The molecule has 3 aromatic rings. The molecule has 0 atom stereocenters. The predicted molar refractivity (Wildman–Crippen MR) is 127 cm³/mol. The van der Waals surface area contributed by atoms with Crippen molar-refractivity contribution in [2.75, 3.05) is 10.6 Å². The number of amides is 1. The Kier molecular flexibility index (Phi) is 6.85. The average Bonchev–Trinajstić information content (AvgIpc) is 2.69. The Hall–Kier alpha value is -3.47. The Balaban J connectivity index is 1.56. The van der Waals surface area contributed by atoms with Crippen molar-refractivity contribution in [1.82, 2.24) is 9.97 Å². The molecule has 0 spiro atoms. The lowest BCUT2D eigenvalue weighted by Crippen LogP contribution is -2.11. The maximum Gasteiger partial charge on any atom is 0.222 e. The van der Waals surface area contributed by atoms with Gasteiger partial charge in [0.25, 0.3) is 0 Å². The Labute approximate surface area is 184 Å². The van der Waals surface area contributed by atoms with Crippen LogP contribution in [-0.2, 0) is 23.1 Å². The number of rotatable bonds is 7. The van der Waals surface area contributed by atoms with Crippen LogP contribution < -0.4 is 10.6 Å². The van der Waals surface area contributed by atoms with Crippen molar-refractivity contribution in [3.8, 4) is 0 Å². The number of allylic oxidation sites excluding steroid dienone is 1. The second kappa shape index (κ2) is 9.56. The van der Waals surface area contributed by atoms with Crippen LogP contribution in [0, 0.1) is 0 Å². The summed E-state index contributed by atoms with van der Waals surface area (Å²) in [5.41, 5.74) is 6.66. The van der Waals surface area contributed by atoms with E-state index in [1.54, 1.807) is 6.07 Å². The average molecular weight is 415 g/mol. The van der Waals surface area contributed by atoms with Gasteiger partial charge < -0.3 is 10.6 Å². The fraction of sp³-hybridized carbons (Fsp3) is 0.269. The zero-order valence-electron chi connectivity index (χ0n) is 18.7. The summed E-state index contributed by atoms with van der Waals surface area (Å²) < 4.78 is 0. The van der Waals surface area contributed by atoms with Crippen molar-refractivity contribution in [3.63, 3.8) is 0 Å². The molecule has 0 saturated carbocycles. The zero-order chi connectivity index (χ0) is 22.4. The van der Waals surface area contributed by atoms with Crippen molar-refractivity contribution in [2.24, 2.45) is 0 Å². The minimum atomic E-state index is -0.148. The molecule has 0 aliphatic carbocycles. The van der Waals surface area contributed by atoms with Crippen LogP contribution in [0.3, 0.4) is 0 Å². The molecule has 2 aromatic carbocycles. The van der Waals surface area contributed by atoms with E-state index in [1.165, 1.54) is 24.4 Å². The number of nitrogens with one attached hydrogen (secondary N) is 2. The van der Waals surface area contributed by atoms with Crippen LogP contribution >= 0.6 is 0 Å². The molecular weight excluding hydrogens is 384 g/mol. The van der Waals surface area contributed by atoms with Gasteiger partial charge >= 0.3 is 0 Å². The van der Waals surface area contributed by atoms with Gasteiger partial charge in [-0.15, -0.1) is 0 Å². The Bertz CT molecular complexity index is 1050. The summed E-state index contributed by atoms with van der Waals surface area (Å²) in [5.74, 6) is 0.369. The lowest BCUT2D eigenvalue weighted by Gasteiger charge is -2.19.